The van der Waals surface area contributed by atoms with Crippen LogP contribution in [0.1, 0.15) is 0 Å². The third-order valence-electron chi connectivity index (χ3n) is 3.30. The smallest absolute Gasteiger partial charge is 0.323 e. The Kier molecular flexibility index (Phi) is 5.25. The van der Waals surface area contributed by atoms with Crippen molar-refractivity contribution in [2.45, 2.75) is 9.79 Å². The zero-order valence-electron chi connectivity index (χ0n) is 12.9. The van der Waals surface area contributed by atoms with Crippen LogP contribution in [0.3, 0.4) is 0 Å². The van der Waals surface area contributed by atoms with E-state index in [9.17, 15) is 14.4 Å². The Morgan fingerprint density at radius 3 is 1.56 bits per heavy atom. The molecule has 7 heteroatoms. The zero-order valence-corrected chi connectivity index (χ0v) is 14.5. The zero-order chi connectivity index (χ0) is 17.8. The number of imide groups is 1. The maximum atomic E-state index is 12.6. The number of carbonyl (C=O) groups is 3. The second-order valence-corrected chi connectivity index (χ2v) is 7.25. The van der Waals surface area contributed by atoms with Gasteiger partial charge in [-0.15, -0.1) is 0 Å². The number of benzene rings is 2. The predicted molar refractivity (Wildman–Crippen MR) is 96.0 cm³/mol. The fraction of sp³-hybridized carbons (Fsp3) is 0.0556. The molecule has 5 nitrogen and oxygen atoms in total. The van der Waals surface area contributed by atoms with Gasteiger partial charge in [0.1, 0.15) is 6.54 Å². The first-order valence-electron chi connectivity index (χ1n) is 7.34. The Morgan fingerprint density at radius 2 is 1.20 bits per heavy atom. The van der Waals surface area contributed by atoms with Crippen molar-refractivity contribution < 1.29 is 19.5 Å². The molecule has 1 heterocycles. The molecule has 1 N–H and O–H groups in total. The number of amides is 2. The third-order valence-corrected chi connectivity index (χ3v) is 5.62. The lowest BCUT2D eigenvalue weighted by molar-refractivity contribution is -0.147. The standard InChI is InChI=1S/C18H13NO4S2/c20-14(21)11-19-17(22)15(24-12-7-3-1-4-8-12)16(18(19)23)25-13-9-5-2-6-10-13/h1-10H,11H2,(H,20,21). The number of rotatable bonds is 6. The molecule has 0 saturated heterocycles. The number of thioether (sulfide) groups is 2. The number of hydrogen-bond acceptors (Lipinski definition) is 5. The molecule has 25 heavy (non-hydrogen) atoms. The van der Waals surface area contributed by atoms with Crippen molar-refractivity contribution in [3.63, 3.8) is 0 Å². The number of nitrogens with zero attached hydrogens (tertiary/aromatic N) is 1. The van der Waals surface area contributed by atoms with Gasteiger partial charge in [0.2, 0.25) is 0 Å². The van der Waals surface area contributed by atoms with Crippen molar-refractivity contribution in [1.82, 2.24) is 4.90 Å². The van der Waals surface area contributed by atoms with Gasteiger partial charge in [0.25, 0.3) is 11.8 Å². The summed E-state index contributed by atoms with van der Waals surface area (Å²) in [4.78, 5) is 39.1. The second-order valence-electron chi connectivity index (χ2n) is 5.08. The van der Waals surface area contributed by atoms with E-state index in [2.05, 4.69) is 0 Å². The molecule has 126 valence electrons. The fourth-order valence-corrected chi connectivity index (χ4v) is 4.27. The average molecular weight is 371 g/mol. The van der Waals surface area contributed by atoms with Crippen molar-refractivity contribution in [1.29, 1.82) is 0 Å². The van der Waals surface area contributed by atoms with Crippen molar-refractivity contribution in [3.8, 4) is 0 Å². The van der Waals surface area contributed by atoms with Gasteiger partial charge in [0.05, 0.1) is 9.81 Å². The van der Waals surface area contributed by atoms with E-state index >= 15 is 0 Å². The first-order valence-corrected chi connectivity index (χ1v) is 8.97. The Morgan fingerprint density at radius 1 is 0.800 bits per heavy atom. The summed E-state index contributed by atoms with van der Waals surface area (Å²) in [6, 6.07) is 18.4. The van der Waals surface area contributed by atoms with Crippen molar-refractivity contribution in [2.24, 2.45) is 0 Å². The molecule has 0 saturated carbocycles. The molecule has 0 aromatic heterocycles. The first-order chi connectivity index (χ1) is 12.1. The monoisotopic (exact) mass is 371 g/mol. The highest BCUT2D eigenvalue weighted by molar-refractivity contribution is 8.08. The van der Waals surface area contributed by atoms with Crippen LogP contribution in [0, 0.1) is 0 Å². The molecule has 2 aromatic carbocycles. The van der Waals surface area contributed by atoms with E-state index in [-0.39, 0.29) is 9.81 Å². The normalized spacial score (nSPS) is 14.3. The van der Waals surface area contributed by atoms with Crippen molar-refractivity contribution in [2.75, 3.05) is 6.54 Å². The van der Waals surface area contributed by atoms with Crippen LogP contribution in [0.25, 0.3) is 0 Å². The van der Waals surface area contributed by atoms with Crippen LogP contribution >= 0.6 is 23.5 Å². The van der Waals surface area contributed by atoms with Gasteiger partial charge in [0.15, 0.2) is 0 Å². The third kappa shape index (κ3) is 3.94. The van der Waals surface area contributed by atoms with Crippen molar-refractivity contribution in [3.05, 3.63) is 70.5 Å². The van der Waals surface area contributed by atoms with Gasteiger partial charge >= 0.3 is 5.97 Å². The Bertz CT molecular complexity index is 786. The minimum Gasteiger partial charge on any atom is -0.480 e. The maximum Gasteiger partial charge on any atom is 0.323 e. The number of hydrogen-bond donors (Lipinski definition) is 1. The van der Waals surface area contributed by atoms with Gasteiger partial charge in [-0.3, -0.25) is 19.3 Å². The number of carboxylic acid groups (broad SMARTS) is 1. The van der Waals surface area contributed by atoms with Crippen LogP contribution < -0.4 is 0 Å². The van der Waals surface area contributed by atoms with Crippen LogP contribution in [0.5, 0.6) is 0 Å². The lowest BCUT2D eigenvalue weighted by atomic mass is 10.4. The Hall–Kier alpha value is -2.51. The molecule has 0 radical (unpaired) electrons. The van der Waals surface area contributed by atoms with Gasteiger partial charge in [0, 0.05) is 9.79 Å². The van der Waals surface area contributed by atoms with Gasteiger partial charge in [-0.25, -0.2) is 0 Å². The lowest BCUT2D eigenvalue weighted by Gasteiger charge is -2.11. The SMILES string of the molecule is O=C(O)CN1C(=O)C(Sc2ccccc2)=C(Sc2ccccc2)C1=O. The van der Waals surface area contributed by atoms with E-state index in [0.29, 0.717) is 0 Å². The molecule has 0 aliphatic carbocycles. The number of aliphatic carboxylic acids is 1. The molecule has 0 fully saturated rings. The first kappa shape index (κ1) is 17.3. The molecule has 2 aromatic rings. The van der Waals surface area contributed by atoms with Crippen LogP contribution in [0.15, 0.2) is 80.3 Å². The summed E-state index contributed by atoms with van der Waals surface area (Å²) in [5.74, 6) is -2.36. The van der Waals surface area contributed by atoms with E-state index in [1.165, 1.54) is 23.5 Å². The highest BCUT2D eigenvalue weighted by Crippen LogP contribution is 2.42. The van der Waals surface area contributed by atoms with Crippen LogP contribution in [-0.2, 0) is 14.4 Å². The molecule has 1 aliphatic rings. The van der Waals surface area contributed by atoms with Gasteiger partial charge < -0.3 is 5.11 Å². The largest absolute Gasteiger partial charge is 0.480 e. The fourth-order valence-electron chi connectivity index (χ4n) is 2.20. The molecule has 0 spiro atoms. The van der Waals surface area contributed by atoms with Crippen molar-refractivity contribution >= 4 is 41.3 Å². The van der Waals surface area contributed by atoms with Crippen LogP contribution in [0.4, 0.5) is 0 Å². The van der Waals surface area contributed by atoms with E-state index in [4.69, 9.17) is 5.11 Å². The second kappa shape index (κ2) is 7.58. The quantitative estimate of drug-likeness (QED) is 0.786. The van der Waals surface area contributed by atoms with Gasteiger partial charge in [-0.2, -0.15) is 0 Å². The summed E-state index contributed by atoms with van der Waals surface area (Å²) in [7, 11) is 0. The molecule has 2 amide bonds. The van der Waals surface area contributed by atoms with E-state index < -0.39 is 24.3 Å². The lowest BCUT2D eigenvalue weighted by Crippen LogP contribution is -2.36. The van der Waals surface area contributed by atoms with E-state index in [1.807, 2.05) is 60.7 Å². The average Bonchev–Trinajstić information content (AvgIpc) is 2.82. The Labute approximate surface area is 152 Å². The summed E-state index contributed by atoms with van der Waals surface area (Å²) < 4.78 is 0. The molecule has 0 atom stereocenters. The molecule has 0 bridgehead atoms. The molecular formula is C18H13NO4S2. The van der Waals surface area contributed by atoms with E-state index in [1.54, 1.807) is 0 Å². The van der Waals surface area contributed by atoms with E-state index in [0.717, 1.165) is 14.7 Å². The highest BCUT2D eigenvalue weighted by Gasteiger charge is 2.40. The van der Waals surface area contributed by atoms with Gasteiger partial charge in [-0.05, 0) is 24.3 Å². The summed E-state index contributed by atoms with van der Waals surface area (Å²) in [6.07, 6.45) is 0. The molecular weight excluding hydrogens is 358 g/mol. The van der Waals surface area contributed by atoms with Crippen LogP contribution in [-0.4, -0.2) is 34.3 Å². The Balaban J connectivity index is 1.96. The molecule has 3 rings (SSSR count). The maximum absolute atomic E-state index is 12.6. The predicted octanol–water partition coefficient (Wildman–Crippen LogP) is 3.24. The van der Waals surface area contributed by atoms with Gasteiger partial charge in [-0.1, -0.05) is 59.9 Å². The topological polar surface area (TPSA) is 74.7 Å². The number of carboxylic acids is 1. The summed E-state index contributed by atoms with van der Waals surface area (Å²) in [5.41, 5.74) is 0. The summed E-state index contributed by atoms with van der Waals surface area (Å²) >= 11 is 2.35. The highest BCUT2D eigenvalue weighted by atomic mass is 32.2. The molecule has 1 aliphatic heterocycles. The minimum atomic E-state index is -1.23. The number of carbonyl (C=O) groups excluding carboxylic acids is 2. The summed E-state index contributed by atoms with van der Waals surface area (Å²) in [6.45, 7) is -0.643. The molecule has 0 unspecified atom stereocenters. The minimum absolute atomic E-state index is 0.256. The van der Waals surface area contributed by atoms with Crippen LogP contribution in [0.2, 0.25) is 0 Å². The summed E-state index contributed by atoms with van der Waals surface area (Å²) in [5, 5.41) is 8.98.